The second-order valence-corrected chi connectivity index (χ2v) is 5.81. The van der Waals surface area contributed by atoms with Crippen LogP contribution in [0.5, 0.6) is 0 Å². The summed E-state index contributed by atoms with van der Waals surface area (Å²) in [7, 11) is 0. The highest BCUT2D eigenvalue weighted by atomic mass is 35.5. The van der Waals surface area contributed by atoms with Gasteiger partial charge in [-0.3, -0.25) is 0 Å². The molecular weight excluding hydrogens is 276 g/mol. The van der Waals surface area contributed by atoms with Crippen molar-refractivity contribution in [2.24, 2.45) is 0 Å². The summed E-state index contributed by atoms with van der Waals surface area (Å²) in [4.78, 5) is 7.90. The van der Waals surface area contributed by atoms with Crippen molar-refractivity contribution in [2.45, 2.75) is 17.8 Å². The van der Waals surface area contributed by atoms with E-state index < -0.39 is 0 Å². The normalized spacial score (nSPS) is 11.1. The second-order valence-electron chi connectivity index (χ2n) is 4.44. The molecule has 0 spiro atoms. The Labute approximate surface area is 121 Å². The third-order valence-corrected chi connectivity index (χ3v) is 4.23. The third kappa shape index (κ3) is 2.77. The van der Waals surface area contributed by atoms with Crippen LogP contribution >= 0.6 is 23.4 Å². The average Bonchev–Trinajstić information content (AvgIpc) is 2.79. The quantitative estimate of drug-likeness (QED) is 0.700. The molecule has 1 N–H and O–H groups in total. The number of fused-ring (bicyclic) bond motifs is 1. The number of halogens is 1. The van der Waals surface area contributed by atoms with Crippen molar-refractivity contribution in [1.29, 1.82) is 0 Å². The summed E-state index contributed by atoms with van der Waals surface area (Å²) >= 11 is 7.81. The monoisotopic (exact) mass is 288 g/mol. The van der Waals surface area contributed by atoms with Crippen molar-refractivity contribution in [3.8, 4) is 0 Å². The number of H-pyrrole nitrogens is 1. The minimum Gasteiger partial charge on any atom is -0.333 e. The molecule has 2 nitrogen and oxygen atoms in total. The topological polar surface area (TPSA) is 28.7 Å². The van der Waals surface area contributed by atoms with Crippen molar-refractivity contribution in [3.63, 3.8) is 0 Å². The fourth-order valence-corrected chi connectivity index (χ4v) is 3.10. The summed E-state index contributed by atoms with van der Waals surface area (Å²) in [6.45, 7) is 2.08. The maximum Gasteiger partial charge on any atom is 0.166 e. The molecule has 0 radical (unpaired) electrons. The third-order valence-electron chi connectivity index (χ3n) is 2.94. The first kappa shape index (κ1) is 12.6. The SMILES string of the molecule is Cc1ccc2nc(SCc3ccccc3Cl)[nH]c2c1. The summed E-state index contributed by atoms with van der Waals surface area (Å²) in [6, 6.07) is 14.1. The smallest absolute Gasteiger partial charge is 0.166 e. The van der Waals surface area contributed by atoms with E-state index in [1.165, 1.54) is 5.56 Å². The average molecular weight is 289 g/mol. The summed E-state index contributed by atoms with van der Waals surface area (Å²) in [5, 5.41) is 1.74. The van der Waals surface area contributed by atoms with E-state index in [0.29, 0.717) is 0 Å². The Kier molecular flexibility index (Phi) is 3.49. The zero-order valence-electron chi connectivity index (χ0n) is 10.5. The van der Waals surface area contributed by atoms with Crippen LogP contribution in [0, 0.1) is 6.92 Å². The van der Waals surface area contributed by atoms with Crippen LogP contribution in [-0.4, -0.2) is 9.97 Å². The molecule has 1 heterocycles. The van der Waals surface area contributed by atoms with Crippen LogP contribution in [0.1, 0.15) is 11.1 Å². The van der Waals surface area contributed by atoms with Crippen molar-refractivity contribution < 1.29 is 0 Å². The number of hydrogen-bond acceptors (Lipinski definition) is 2. The van der Waals surface area contributed by atoms with Gasteiger partial charge >= 0.3 is 0 Å². The molecular formula is C15H13ClN2S. The molecule has 0 unspecified atom stereocenters. The number of aromatic nitrogens is 2. The molecule has 0 atom stereocenters. The largest absolute Gasteiger partial charge is 0.333 e. The van der Waals surface area contributed by atoms with Gasteiger partial charge in [-0.05, 0) is 36.2 Å². The standard InChI is InChI=1S/C15H13ClN2S/c1-10-6-7-13-14(8-10)18-15(17-13)19-9-11-4-2-3-5-12(11)16/h2-8H,9H2,1H3,(H,17,18). The number of nitrogens with zero attached hydrogens (tertiary/aromatic N) is 1. The van der Waals surface area contributed by atoms with Gasteiger partial charge in [0.1, 0.15) is 0 Å². The maximum absolute atomic E-state index is 6.15. The number of imidazole rings is 1. The van der Waals surface area contributed by atoms with Crippen molar-refractivity contribution in [2.75, 3.05) is 0 Å². The van der Waals surface area contributed by atoms with Crippen LogP contribution in [0.4, 0.5) is 0 Å². The summed E-state index contributed by atoms with van der Waals surface area (Å²) < 4.78 is 0. The second kappa shape index (κ2) is 5.27. The van der Waals surface area contributed by atoms with E-state index in [1.54, 1.807) is 11.8 Å². The lowest BCUT2D eigenvalue weighted by molar-refractivity contribution is 1.08. The first-order chi connectivity index (χ1) is 9.22. The molecule has 0 fully saturated rings. The lowest BCUT2D eigenvalue weighted by atomic mass is 10.2. The van der Waals surface area contributed by atoms with Crippen LogP contribution in [0.15, 0.2) is 47.6 Å². The fraction of sp³-hybridized carbons (Fsp3) is 0.133. The molecule has 0 saturated heterocycles. The van der Waals surface area contributed by atoms with Gasteiger partial charge in [0.15, 0.2) is 5.16 Å². The minimum atomic E-state index is 0.807. The van der Waals surface area contributed by atoms with Crippen molar-refractivity contribution in [1.82, 2.24) is 9.97 Å². The molecule has 0 aliphatic rings. The number of benzene rings is 2. The van der Waals surface area contributed by atoms with Gasteiger partial charge < -0.3 is 4.98 Å². The summed E-state index contributed by atoms with van der Waals surface area (Å²) in [5.74, 6) is 0.818. The van der Waals surface area contributed by atoms with E-state index in [9.17, 15) is 0 Å². The maximum atomic E-state index is 6.15. The number of aryl methyl sites for hydroxylation is 1. The first-order valence-corrected chi connectivity index (χ1v) is 7.41. The molecule has 19 heavy (non-hydrogen) atoms. The van der Waals surface area contributed by atoms with Gasteiger partial charge in [-0.15, -0.1) is 0 Å². The molecule has 0 bridgehead atoms. The van der Waals surface area contributed by atoms with Crippen LogP contribution in [-0.2, 0) is 5.75 Å². The number of nitrogens with one attached hydrogen (secondary N) is 1. The Morgan fingerprint density at radius 2 is 2.05 bits per heavy atom. The molecule has 2 aromatic carbocycles. The summed E-state index contributed by atoms with van der Waals surface area (Å²) in [5.41, 5.74) is 4.46. The fourth-order valence-electron chi connectivity index (χ4n) is 1.93. The van der Waals surface area contributed by atoms with Gasteiger partial charge in [-0.25, -0.2) is 4.98 Å². The lowest BCUT2D eigenvalue weighted by Gasteiger charge is -2.01. The van der Waals surface area contributed by atoms with Crippen LogP contribution < -0.4 is 0 Å². The molecule has 0 aliphatic heterocycles. The van der Waals surface area contributed by atoms with E-state index in [2.05, 4.69) is 29.0 Å². The van der Waals surface area contributed by atoms with Gasteiger partial charge in [0, 0.05) is 10.8 Å². The van der Waals surface area contributed by atoms with Crippen LogP contribution in [0.2, 0.25) is 5.02 Å². The number of rotatable bonds is 3. The van der Waals surface area contributed by atoms with Gasteiger partial charge in [0.2, 0.25) is 0 Å². The van der Waals surface area contributed by atoms with E-state index in [0.717, 1.165) is 32.5 Å². The zero-order chi connectivity index (χ0) is 13.2. The number of aromatic amines is 1. The Hall–Kier alpha value is -1.45. The predicted octanol–water partition coefficient (Wildman–Crippen LogP) is 4.82. The molecule has 4 heteroatoms. The zero-order valence-corrected chi connectivity index (χ0v) is 12.1. The highest BCUT2D eigenvalue weighted by Gasteiger charge is 2.05. The predicted molar refractivity (Wildman–Crippen MR) is 81.8 cm³/mol. The first-order valence-electron chi connectivity index (χ1n) is 6.05. The highest BCUT2D eigenvalue weighted by Crippen LogP contribution is 2.26. The molecule has 96 valence electrons. The van der Waals surface area contributed by atoms with Gasteiger partial charge in [0.25, 0.3) is 0 Å². The van der Waals surface area contributed by atoms with E-state index >= 15 is 0 Å². The van der Waals surface area contributed by atoms with Crippen LogP contribution in [0.25, 0.3) is 11.0 Å². The van der Waals surface area contributed by atoms with Crippen LogP contribution in [0.3, 0.4) is 0 Å². The Balaban J connectivity index is 1.80. The molecule has 3 aromatic rings. The van der Waals surface area contributed by atoms with Crippen molar-refractivity contribution in [3.05, 3.63) is 58.6 Å². The van der Waals surface area contributed by atoms with E-state index in [-0.39, 0.29) is 0 Å². The Morgan fingerprint density at radius 1 is 1.21 bits per heavy atom. The van der Waals surface area contributed by atoms with E-state index in [1.807, 2.05) is 30.3 Å². The lowest BCUT2D eigenvalue weighted by Crippen LogP contribution is -1.82. The van der Waals surface area contributed by atoms with Gasteiger partial charge in [-0.1, -0.05) is 47.6 Å². The minimum absolute atomic E-state index is 0.807. The van der Waals surface area contributed by atoms with Gasteiger partial charge in [-0.2, -0.15) is 0 Å². The Morgan fingerprint density at radius 3 is 2.89 bits per heavy atom. The molecule has 0 amide bonds. The van der Waals surface area contributed by atoms with Crippen molar-refractivity contribution >= 4 is 34.4 Å². The Bertz CT molecular complexity index is 721. The highest BCUT2D eigenvalue weighted by molar-refractivity contribution is 7.98. The molecule has 0 saturated carbocycles. The van der Waals surface area contributed by atoms with E-state index in [4.69, 9.17) is 11.6 Å². The number of thioether (sulfide) groups is 1. The molecule has 0 aliphatic carbocycles. The summed E-state index contributed by atoms with van der Waals surface area (Å²) in [6.07, 6.45) is 0. The van der Waals surface area contributed by atoms with Gasteiger partial charge in [0.05, 0.1) is 11.0 Å². The number of hydrogen-bond donors (Lipinski definition) is 1. The molecule has 3 rings (SSSR count). The molecule has 1 aromatic heterocycles.